The van der Waals surface area contributed by atoms with Crippen molar-refractivity contribution in [3.8, 4) is 0 Å². The number of thioether (sulfide) groups is 1. The zero-order chi connectivity index (χ0) is 21.5. The first kappa shape index (κ1) is 20.9. The van der Waals surface area contributed by atoms with Gasteiger partial charge in [0.2, 0.25) is 5.91 Å². The Morgan fingerprint density at radius 3 is 2.17 bits per heavy atom. The monoisotopic (exact) mass is 426 g/mol. The van der Waals surface area contributed by atoms with Gasteiger partial charge in [-0.1, -0.05) is 32.9 Å². The topological polar surface area (TPSA) is 40.6 Å². The van der Waals surface area contributed by atoms with Crippen LogP contribution in [0.15, 0.2) is 48.5 Å². The van der Waals surface area contributed by atoms with Crippen LogP contribution < -0.4 is 4.90 Å². The molecule has 2 saturated heterocycles. The van der Waals surface area contributed by atoms with Crippen molar-refractivity contribution in [2.24, 2.45) is 0 Å². The molecule has 0 radical (unpaired) electrons. The van der Waals surface area contributed by atoms with Crippen LogP contribution in [0.2, 0.25) is 0 Å². The smallest absolute Gasteiger partial charge is 0.253 e. The lowest BCUT2D eigenvalue weighted by Gasteiger charge is -2.44. The highest BCUT2D eigenvalue weighted by Crippen LogP contribution is 2.46. The lowest BCUT2D eigenvalue weighted by molar-refractivity contribution is -0.116. The van der Waals surface area contributed by atoms with Crippen LogP contribution in [0, 0.1) is 5.82 Å². The minimum Gasteiger partial charge on any atom is -0.338 e. The molecule has 30 heavy (non-hydrogen) atoms. The van der Waals surface area contributed by atoms with Gasteiger partial charge in [0.05, 0.1) is 10.6 Å². The van der Waals surface area contributed by atoms with Crippen LogP contribution in [0.1, 0.15) is 49.5 Å². The lowest BCUT2D eigenvalue weighted by atomic mass is 9.86. The Hall–Kier alpha value is -2.34. The molecular weight excluding hydrogens is 399 g/mol. The molecule has 2 aromatic carbocycles. The molecule has 158 valence electrons. The highest BCUT2D eigenvalue weighted by molar-refractivity contribution is 8.02. The molecule has 2 heterocycles. The molecule has 0 aliphatic carbocycles. The molecule has 4 nitrogen and oxygen atoms in total. The molecule has 2 amide bonds. The minimum absolute atomic E-state index is 0.0352. The fourth-order valence-electron chi connectivity index (χ4n) is 4.24. The summed E-state index contributed by atoms with van der Waals surface area (Å²) in [6.45, 7) is 7.65. The van der Waals surface area contributed by atoms with Crippen LogP contribution in [0.5, 0.6) is 0 Å². The Bertz CT molecular complexity index is 943. The highest BCUT2D eigenvalue weighted by Gasteiger charge is 2.49. The SMILES string of the molecule is CC(C)(C)c1ccc(C(=O)N2CCC3(CC2)SCC(=O)N3c2ccc(F)cc2)cc1. The van der Waals surface area contributed by atoms with Crippen molar-refractivity contribution in [2.45, 2.75) is 43.9 Å². The average molecular weight is 427 g/mol. The molecular formula is C24H27FN2O2S. The first-order valence-corrected chi connectivity index (χ1v) is 11.3. The molecule has 2 fully saturated rings. The quantitative estimate of drug-likeness (QED) is 0.690. The maximum atomic E-state index is 13.3. The molecule has 1 spiro atoms. The predicted octanol–water partition coefficient (Wildman–Crippen LogP) is 4.84. The molecule has 0 saturated carbocycles. The van der Waals surface area contributed by atoms with E-state index in [0.29, 0.717) is 37.2 Å². The Kier molecular flexibility index (Phi) is 5.39. The third-order valence-electron chi connectivity index (χ3n) is 6.04. The summed E-state index contributed by atoms with van der Waals surface area (Å²) in [4.78, 5) is 29.0. The van der Waals surface area contributed by atoms with Crippen LogP contribution in [-0.2, 0) is 10.2 Å². The van der Waals surface area contributed by atoms with Crippen LogP contribution >= 0.6 is 11.8 Å². The fourth-order valence-corrected chi connectivity index (χ4v) is 5.57. The van der Waals surface area contributed by atoms with Gasteiger partial charge in [-0.05, 0) is 60.2 Å². The normalized spacial score (nSPS) is 18.9. The van der Waals surface area contributed by atoms with E-state index in [9.17, 15) is 14.0 Å². The third kappa shape index (κ3) is 3.85. The molecule has 0 bridgehead atoms. The molecule has 6 heteroatoms. The van der Waals surface area contributed by atoms with Crippen LogP contribution in [0.25, 0.3) is 0 Å². The number of carbonyl (C=O) groups is 2. The predicted molar refractivity (Wildman–Crippen MR) is 119 cm³/mol. The number of halogens is 1. The van der Waals surface area contributed by atoms with Crippen molar-refractivity contribution in [2.75, 3.05) is 23.7 Å². The number of piperidine rings is 1. The van der Waals surface area contributed by atoms with E-state index in [2.05, 4.69) is 20.8 Å². The van der Waals surface area contributed by atoms with E-state index in [1.54, 1.807) is 23.9 Å². The summed E-state index contributed by atoms with van der Waals surface area (Å²) in [5, 5.41) is 0. The van der Waals surface area contributed by atoms with Crippen molar-refractivity contribution in [3.05, 3.63) is 65.5 Å². The molecule has 2 aliphatic rings. The summed E-state index contributed by atoms with van der Waals surface area (Å²) >= 11 is 1.64. The molecule has 0 unspecified atom stereocenters. The van der Waals surface area contributed by atoms with Gasteiger partial charge in [-0.15, -0.1) is 11.8 Å². The van der Waals surface area contributed by atoms with Gasteiger partial charge < -0.3 is 4.90 Å². The maximum absolute atomic E-state index is 13.3. The summed E-state index contributed by atoms with van der Waals surface area (Å²) in [6.07, 6.45) is 1.40. The summed E-state index contributed by atoms with van der Waals surface area (Å²) in [6, 6.07) is 14.0. The number of amides is 2. The molecule has 0 N–H and O–H groups in total. The molecule has 2 aliphatic heterocycles. The number of benzene rings is 2. The van der Waals surface area contributed by atoms with E-state index in [1.165, 1.54) is 17.7 Å². The molecule has 0 atom stereocenters. The van der Waals surface area contributed by atoms with Crippen LogP contribution in [-0.4, -0.2) is 40.4 Å². The van der Waals surface area contributed by atoms with Crippen LogP contribution in [0.4, 0.5) is 10.1 Å². The standard InChI is InChI=1S/C24H27FN2O2S/c1-23(2,3)18-6-4-17(5-7-18)22(29)26-14-12-24(13-15-26)27(21(28)16-30-24)20-10-8-19(25)9-11-20/h4-11H,12-16H2,1-3H3. The van der Waals surface area contributed by atoms with E-state index in [-0.39, 0.29) is 27.9 Å². The van der Waals surface area contributed by atoms with Crippen molar-refractivity contribution in [3.63, 3.8) is 0 Å². The number of carbonyl (C=O) groups excluding carboxylic acids is 2. The third-order valence-corrected chi connectivity index (χ3v) is 7.56. The summed E-state index contributed by atoms with van der Waals surface area (Å²) in [5.41, 5.74) is 2.68. The van der Waals surface area contributed by atoms with E-state index in [4.69, 9.17) is 0 Å². The summed E-state index contributed by atoms with van der Waals surface area (Å²) in [5.74, 6) is 0.182. The van der Waals surface area contributed by atoms with Gasteiger partial charge in [-0.3, -0.25) is 14.5 Å². The number of likely N-dealkylation sites (tertiary alicyclic amines) is 1. The van der Waals surface area contributed by atoms with E-state index in [0.717, 1.165) is 5.69 Å². The van der Waals surface area contributed by atoms with E-state index < -0.39 is 0 Å². The second-order valence-electron chi connectivity index (χ2n) is 9.06. The Balaban J connectivity index is 1.48. The van der Waals surface area contributed by atoms with Crippen LogP contribution in [0.3, 0.4) is 0 Å². The zero-order valence-electron chi connectivity index (χ0n) is 17.7. The first-order valence-electron chi connectivity index (χ1n) is 10.3. The van der Waals surface area contributed by atoms with Gasteiger partial charge in [-0.2, -0.15) is 0 Å². The van der Waals surface area contributed by atoms with Gasteiger partial charge in [0.25, 0.3) is 5.91 Å². The minimum atomic E-state index is -0.359. The van der Waals surface area contributed by atoms with Gasteiger partial charge in [0.1, 0.15) is 5.82 Å². The second kappa shape index (κ2) is 7.73. The highest BCUT2D eigenvalue weighted by atomic mass is 32.2. The fraction of sp³-hybridized carbons (Fsp3) is 0.417. The number of rotatable bonds is 2. The lowest BCUT2D eigenvalue weighted by Crippen LogP contribution is -2.53. The number of hydrogen-bond donors (Lipinski definition) is 0. The number of nitrogens with zero attached hydrogens (tertiary/aromatic N) is 2. The molecule has 2 aromatic rings. The van der Waals surface area contributed by atoms with E-state index in [1.807, 2.05) is 34.1 Å². The van der Waals surface area contributed by atoms with Crippen molar-refractivity contribution < 1.29 is 14.0 Å². The van der Waals surface area contributed by atoms with Crippen molar-refractivity contribution in [1.82, 2.24) is 4.90 Å². The van der Waals surface area contributed by atoms with Gasteiger partial charge in [-0.25, -0.2) is 4.39 Å². The number of anilines is 1. The Morgan fingerprint density at radius 2 is 1.60 bits per heavy atom. The zero-order valence-corrected chi connectivity index (χ0v) is 18.5. The van der Waals surface area contributed by atoms with Gasteiger partial charge in [0.15, 0.2) is 0 Å². The second-order valence-corrected chi connectivity index (χ2v) is 10.4. The number of hydrogen-bond acceptors (Lipinski definition) is 3. The van der Waals surface area contributed by atoms with Gasteiger partial charge in [0, 0.05) is 24.3 Å². The Morgan fingerprint density at radius 1 is 1.00 bits per heavy atom. The van der Waals surface area contributed by atoms with Crippen molar-refractivity contribution >= 4 is 29.3 Å². The summed E-state index contributed by atoms with van der Waals surface area (Å²) in [7, 11) is 0. The molecule has 0 aromatic heterocycles. The average Bonchev–Trinajstić information content (AvgIpc) is 3.04. The van der Waals surface area contributed by atoms with Gasteiger partial charge >= 0.3 is 0 Å². The molecule has 4 rings (SSSR count). The summed E-state index contributed by atoms with van der Waals surface area (Å²) < 4.78 is 13.3. The van der Waals surface area contributed by atoms with E-state index >= 15 is 0 Å². The largest absolute Gasteiger partial charge is 0.338 e. The first-order chi connectivity index (χ1) is 14.2. The van der Waals surface area contributed by atoms with Crippen molar-refractivity contribution in [1.29, 1.82) is 0 Å². The Labute approximate surface area is 181 Å². The maximum Gasteiger partial charge on any atom is 0.253 e.